The Morgan fingerprint density at radius 2 is 2.12 bits per heavy atom. The van der Waals surface area contributed by atoms with Gasteiger partial charge in [0.05, 0.1) is 28.6 Å². The molecule has 0 aliphatic heterocycles. The van der Waals surface area contributed by atoms with Crippen molar-refractivity contribution in [3.8, 4) is 5.75 Å². The minimum absolute atomic E-state index is 0.0315. The summed E-state index contributed by atoms with van der Waals surface area (Å²) in [4.78, 5) is 12.0. The van der Waals surface area contributed by atoms with Crippen molar-refractivity contribution in [3.63, 3.8) is 0 Å². The number of benzene rings is 1. The molecule has 1 heterocycles. The van der Waals surface area contributed by atoms with Crippen LogP contribution in [0.1, 0.15) is 17.8 Å². The van der Waals surface area contributed by atoms with Gasteiger partial charge >= 0.3 is 6.61 Å². The number of nitrogens with zero attached hydrogens (tertiary/aromatic N) is 2. The lowest BCUT2D eigenvalue weighted by Crippen LogP contribution is -2.17. The lowest BCUT2D eigenvalue weighted by atomic mass is 10.2. The summed E-state index contributed by atoms with van der Waals surface area (Å²) >= 11 is 6.02. The van der Waals surface area contributed by atoms with Crippen LogP contribution < -0.4 is 10.1 Å². The molecule has 0 saturated carbocycles. The molecule has 0 radical (unpaired) electrons. The summed E-state index contributed by atoms with van der Waals surface area (Å²) in [5, 5.41) is 7.13. The fraction of sp³-hybridized carbons (Fsp3) is 0.333. The molecule has 0 bridgehead atoms. The monoisotopic (exact) mass is 361 g/mol. The van der Waals surface area contributed by atoms with Crippen LogP contribution >= 0.6 is 11.6 Å². The third-order valence-electron chi connectivity index (χ3n) is 3.28. The van der Waals surface area contributed by atoms with Crippen molar-refractivity contribution in [2.45, 2.75) is 33.4 Å². The molecule has 0 atom stereocenters. The molecule has 1 aromatic carbocycles. The topological polar surface area (TPSA) is 56.2 Å². The number of alkyl halides is 2. The van der Waals surface area contributed by atoms with Crippen molar-refractivity contribution >= 4 is 23.2 Å². The second-order valence-corrected chi connectivity index (χ2v) is 5.40. The average Bonchev–Trinajstić information content (AvgIpc) is 2.74. The fourth-order valence-electron chi connectivity index (χ4n) is 2.11. The Hall–Kier alpha value is -2.22. The lowest BCUT2D eigenvalue weighted by molar-refractivity contribution is -0.116. The Morgan fingerprint density at radius 3 is 2.71 bits per heavy atom. The zero-order valence-electron chi connectivity index (χ0n) is 12.9. The number of rotatable bonds is 6. The van der Waals surface area contributed by atoms with E-state index in [0.29, 0.717) is 10.7 Å². The average molecular weight is 362 g/mol. The van der Waals surface area contributed by atoms with Crippen LogP contribution in [0, 0.1) is 19.7 Å². The smallest absolute Gasteiger partial charge is 0.387 e. The molecule has 0 aliphatic carbocycles. The number of aryl methyl sites for hydroxylation is 2. The van der Waals surface area contributed by atoms with Gasteiger partial charge < -0.3 is 10.1 Å². The molecule has 0 unspecified atom stereocenters. The first kappa shape index (κ1) is 18.1. The maximum absolute atomic E-state index is 13.1. The Bertz CT molecular complexity index is 750. The van der Waals surface area contributed by atoms with Crippen molar-refractivity contribution in [2.24, 2.45) is 0 Å². The predicted octanol–water partition coefficient (Wildman–Crippen LogP) is 3.92. The normalized spacial score (nSPS) is 11.0. The van der Waals surface area contributed by atoms with Gasteiger partial charge in [0, 0.05) is 12.5 Å². The molecule has 2 rings (SSSR count). The quantitative estimate of drug-likeness (QED) is 0.848. The summed E-state index contributed by atoms with van der Waals surface area (Å²) in [5.41, 5.74) is 1.35. The minimum Gasteiger partial charge on any atom is -0.432 e. The van der Waals surface area contributed by atoms with E-state index in [1.807, 2.05) is 0 Å². The van der Waals surface area contributed by atoms with Crippen molar-refractivity contribution in [1.29, 1.82) is 0 Å². The summed E-state index contributed by atoms with van der Waals surface area (Å²) < 4.78 is 43.6. The molecule has 1 N–H and O–H groups in total. The van der Waals surface area contributed by atoms with Gasteiger partial charge in [-0.3, -0.25) is 9.48 Å². The van der Waals surface area contributed by atoms with Crippen molar-refractivity contribution < 1.29 is 22.7 Å². The number of hydrogen-bond acceptors (Lipinski definition) is 3. The summed E-state index contributed by atoms with van der Waals surface area (Å²) in [6.45, 7) is 0.657. The van der Waals surface area contributed by atoms with Gasteiger partial charge in [-0.25, -0.2) is 4.39 Å². The predicted molar refractivity (Wildman–Crippen MR) is 83.0 cm³/mol. The molecule has 24 heavy (non-hydrogen) atoms. The van der Waals surface area contributed by atoms with Gasteiger partial charge in [-0.05, 0) is 26.0 Å². The van der Waals surface area contributed by atoms with Crippen molar-refractivity contribution in [2.75, 3.05) is 5.32 Å². The van der Waals surface area contributed by atoms with E-state index in [-0.39, 0.29) is 18.7 Å². The van der Waals surface area contributed by atoms with Gasteiger partial charge in [-0.1, -0.05) is 11.6 Å². The Labute approximate surface area is 141 Å². The second-order valence-electron chi connectivity index (χ2n) is 5.03. The van der Waals surface area contributed by atoms with E-state index in [1.165, 1.54) is 0 Å². The van der Waals surface area contributed by atoms with Crippen LogP contribution in [-0.2, 0) is 11.3 Å². The third kappa shape index (κ3) is 4.41. The van der Waals surface area contributed by atoms with Crippen molar-refractivity contribution in [1.82, 2.24) is 9.78 Å². The van der Waals surface area contributed by atoms with Gasteiger partial charge in [0.15, 0.2) is 5.75 Å². The van der Waals surface area contributed by atoms with E-state index in [1.54, 1.807) is 18.5 Å². The molecule has 1 aromatic heterocycles. The first-order valence-corrected chi connectivity index (χ1v) is 7.39. The molecule has 0 aliphatic rings. The molecule has 0 fully saturated rings. The maximum Gasteiger partial charge on any atom is 0.387 e. The van der Waals surface area contributed by atoms with Gasteiger partial charge in [-0.15, -0.1) is 0 Å². The number of carbonyl (C=O) groups excluding carboxylic acids is 1. The number of anilines is 1. The molecule has 9 heteroatoms. The van der Waals surface area contributed by atoms with Crippen LogP contribution in [0.15, 0.2) is 18.2 Å². The highest BCUT2D eigenvalue weighted by Crippen LogP contribution is 2.27. The first-order chi connectivity index (χ1) is 11.3. The number of ether oxygens (including phenoxy) is 1. The number of nitrogens with one attached hydrogen (secondary N) is 1. The third-order valence-corrected chi connectivity index (χ3v) is 3.82. The van der Waals surface area contributed by atoms with E-state index in [2.05, 4.69) is 15.2 Å². The van der Waals surface area contributed by atoms with Crippen LogP contribution in [0.25, 0.3) is 0 Å². The number of amides is 1. The Morgan fingerprint density at radius 1 is 1.42 bits per heavy atom. The standard InChI is InChI=1S/C15H15ClF3N3O2/c1-8-14(16)9(2)22(21-8)6-5-13(23)20-11-4-3-10(17)7-12(11)24-15(18)19/h3-4,7,15H,5-6H2,1-2H3,(H,20,23). The van der Waals surface area contributed by atoms with Crippen LogP contribution in [0.2, 0.25) is 5.02 Å². The molecule has 5 nitrogen and oxygen atoms in total. The van der Waals surface area contributed by atoms with Crippen LogP contribution in [0.3, 0.4) is 0 Å². The van der Waals surface area contributed by atoms with Gasteiger partial charge in [0.25, 0.3) is 0 Å². The zero-order valence-corrected chi connectivity index (χ0v) is 13.7. The zero-order chi connectivity index (χ0) is 17.9. The minimum atomic E-state index is -3.13. The highest BCUT2D eigenvalue weighted by Gasteiger charge is 2.14. The molecule has 0 spiro atoms. The largest absolute Gasteiger partial charge is 0.432 e. The van der Waals surface area contributed by atoms with E-state index in [9.17, 15) is 18.0 Å². The van der Waals surface area contributed by atoms with Crippen molar-refractivity contribution in [3.05, 3.63) is 40.4 Å². The number of aromatic nitrogens is 2. The highest BCUT2D eigenvalue weighted by molar-refractivity contribution is 6.31. The Kier molecular flexibility index (Phi) is 5.71. The highest BCUT2D eigenvalue weighted by atomic mass is 35.5. The summed E-state index contributed by atoms with van der Waals surface area (Å²) in [5.74, 6) is -1.64. The van der Waals surface area contributed by atoms with E-state index < -0.39 is 24.1 Å². The first-order valence-electron chi connectivity index (χ1n) is 7.01. The van der Waals surface area contributed by atoms with E-state index >= 15 is 0 Å². The number of carbonyl (C=O) groups is 1. The SMILES string of the molecule is Cc1nn(CCC(=O)Nc2ccc(F)cc2OC(F)F)c(C)c1Cl. The van der Waals surface area contributed by atoms with Gasteiger partial charge in [0.2, 0.25) is 5.91 Å². The fourth-order valence-corrected chi connectivity index (χ4v) is 2.24. The van der Waals surface area contributed by atoms with Gasteiger partial charge in [-0.2, -0.15) is 13.9 Å². The molecule has 1 amide bonds. The number of halogens is 4. The molecular formula is C15H15ClF3N3O2. The second kappa shape index (κ2) is 7.57. The van der Waals surface area contributed by atoms with Gasteiger partial charge in [0.1, 0.15) is 5.82 Å². The summed E-state index contributed by atoms with van der Waals surface area (Å²) in [7, 11) is 0. The maximum atomic E-state index is 13.1. The lowest BCUT2D eigenvalue weighted by Gasteiger charge is -2.12. The van der Waals surface area contributed by atoms with Crippen LogP contribution in [0.4, 0.5) is 18.9 Å². The molecule has 0 saturated heterocycles. The summed E-state index contributed by atoms with van der Waals surface area (Å²) in [6, 6.07) is 2.97. The summed E-state index contributed by atoms with van der Waals surface area (Å²) in [6.07, 6.45) is 0.0315. The molecule has 2 aromatic rings. The van der Waals surface area contributed by atoms with Crippen LogP contribution in [0.5, 0.6) is 5.75 Å². The van der Waals surface area contributed by atoms with E-state index in [0.717, 1.165) is 23.9 Å². The molecule has 130 valence electrons. The Balaban J connectivity index is 2.03. The van der Waals surface area contributed by atoms with E-state index in [4.69, 9.17) is 11.6 Å². The molecular weight excluding hydrogens is 347 g/mol. The number of hydrogen-bond donors (Lipinski definition) is 1. The van der Waals surface area contributed by atoms with Crippen LogP contribution in [-0.4, -0.2) is 22.3 Å².